The Morgan fingerprint density at radius 3 is 2.07 bits per heavy atom. The van der Waals surface area contributed by atoms with Crippen LogP contribution < -0.4 is 4.74 Å². The number of hydrogen-bond donors (Lipinski definition) is 0. The molecule has 0 aromatic heterocycles. The van der Waals surface area contributed by atoms with Crippen LogP contribution in [0.3, 0.4) is 0 Å². The molecule has 0 spiro atoms. The summed E-state index contributed by atoms with van der Waals surface area (Å²) in [6, 6.07) is 8.61. The first-order valence-corrected chi connectivity index (χ1v) is 11.1. The van der Waals surface area contributed by atoms with Crippen molar-refractivity contribution in [3.05, 3.63) is 29.8 Å². The number of benzene rings is 1. The van der Waals surface area contributed by atoms with Crippen molar-refractivity contribution in [2.75, 3.05) is 33.3 Å². The number of nitrogens with zero attached hydrogens (tertiary/aromatic N) is 2. The van der Waals surface area contributed by atoms with E-state index in [4.69, 9.17) is 4.74 Å². The molecular formula is C24H32N2O3. The van der Waals surface area contributed by atoms with Gasteiger partial charge in [-0.25, -0.2) is 0 Å². The quantitative estimate of drug-likeness (QED) is 0.788. The maximum absolute atomic E-state index is 13.8. The molecular weight excluding hydrogens is 364 g/mol. The van der Waals surface area contributed by atoms with E-state index in [1.54, 1.807) is 14.0 Å². The Hall–Kier alpha value is -2.04. The molecule has 2 unspecified atom stereocenters. The molecule has 2 atom stereocenters. The summed E-state index contributed by atoms with van der Waals surface area (Å²) in [5.74, 6) is 2.72. The van der Waals surface area contributed by atoms with Gasteiger partial charge in [0.25, 0.3) is 0 Å². The third kappa shape index (κ3) is 3.04. The lowest BCUT2D eigenvalue weighted by Gasteiger charge is -2.62. The minimum atomic E-state index is -0.192. The number of piperazine rings is 1. The number of amides is 2. The molecule has 4 bridgehead atoms. The maximum Gasteiger partial charge on any atom is 0.228 e. The number of ether oxygens (including phenoxy) is 1. The number of rotatable bonds is 3. The van der Waals surface area contributed by atoms with Gasteiger partial charge in [-0.05, 0) is 73.5 Å². The number of carbonyl (C=O) groups excluding carboxylic acids is 2. The van der Waals surface area contributed by atoms with E-state index in [1.807, 2.05) is 4.90 Å². The lowest BCUT2D eigenvalue weighted by molar-refractivity contribution is -0.163. The average molecular weight is 397 g/mol. The number of methoxy groups -OCH3 is 1. The van der Waals surface area contributed by atoms with Gasteiger partial charge in [0.2, 0.25) is 11.8 Å². The van der Waals surface area contributed by atoms with E-state index in [-0.39, 0.29) is 16.7 Å². The molecule has 6 rings (SSSR count). The molecule has 1 saturated heterocycles. The summed E-state index contributed by atoms with van der Waals surface area (Å²) < 4.78 is 5.36. The van der Waals surface area contributed by atoms with Gasteiger partial charge in [-0.3, -0.25) is 9.59 Å². The van der Waals surface area contributed by atoms with Crippen LogP contribution >= 0.6 is 0 Å². The third-order valence-electron chi connectivity index (χ3n) is 8.23. The standard InChI is InChI=1S/C24H32N2O3/c1-17(27)25-7-9-26(10-8-25)22(28)24-14-18-11-19(15-24)13-23(12-18,16-24)20-3-5-21(29-2)6-4-20/h3-6,18-19H,7-16H2,1-2H3. The molecule has 5 nitrogen and oxygen atoms in total. The molecule has 2 amide bonds. The van der Waals surface area contributed by atoms with E-state index in [1.165, 1.54) is 24.8 Å². The molecule has 1 aromatic rings. The molecule has 4 saturated carbocycles. The van der Waals surface area contributed by atoms with E-state index in [9.17, 15) is 9.59 Å². The number of hydrogen-bond acceptors (Lipinski definition) is 3. The smallest absolute Gasteiger partial charge is 0.228 e. The molecule has 4 aliphatic carbocycles. The summed E-state index contributed by atoms with van der Waals surface area (Å²) in [6.07, 6.45) is 6.86. The Kier molecular flexibility index (Phi) is 4.41. The van der Waals surface area contributed by atoms with Crippen LogP contribution in [0.2, 0.25) is 0 Å². The van der Waals surface area contributed by atoms with Crippen molar-refractivity contribution >= 4 is 11.8 Å². The van der Waals surface area contributed by atoms with Crippen molar-refractivity contribution in [3.8, 4) is 5.75 Å². The molecule has 0 N–H and O–H groups in total. The van der Waals surface area contributed by atoms with Crippen LogP contribution in [0.5, 0.6) is 5.75 Å². The minimum absolute atomic E-state index is 0.116. The maximum atomic E-state index is 13.8. The van der Waals surface area contributed by atoms with Gasteiger partial charge >= 0.3 is 0 Å². The normalized spacial score (nSPS) is 35.7. The van der Waals surface area contributed by atoms with Crippen LogP contribution in [0.1, 0.15) is 51.0 Å². The van der Waals surface area contributed by atoms with Crippen LogP contribution in [0.25, 0.3) is 0 Å². The molecule has 5 aliphatic rings. The number of carbonyl (C=O) groups is 2. The highest BCUT2D eigenvalue weighted by Crippen LogP contribution is 2.66. The third-order valence-corrected chi connectivity index (χ3v) is 8.23. The first kappa shape index (κ1) is 19.0. The highest BCUT2D eigenvalue weighted by atomic mass is 16.5. The summed E-state index contributed by atoms with van der Waals surface area (Å²) in [4.78, 5) is 29.4. The van der Waals surface area contributed by atoms with Gasteiger partial charge in [0.15, 0.2) is 0 Å². The van der Waals surface area contributed by atoms with Gasteiger partial charge in [-0.1, -0.05) is 12.1 Å². The molecule has 1 heterocycles. The zero-order chi connectivity index (χ0) is 20.2. The summed E-state index contributed by atoms with van der Waals surface area (Å²) in [7, 11) is 1.71. The fourth-order valence-electron chi connectivity index (χ4n) is 7.35. The van der Waals surface area contributed by atoms with Crippen LogP contribution in [-0.2, 0) is 15.0 Å². The molecule has 5 heteroatoms. The van der Waals surface area contributed by atoms with Crippen molar-refractivity contribution in [3.63, 3.8) is 0 Å². The van der Waals surface area contributed by atoms with Crippen molar-refractivity contribution in [2.45, 2.75) is 50.9 Å². The topological polar surface area (TPSA) is 49.9 Å². The lowest BCUT2D eigenvalue weighted by Crippen LogP contribution is -2.61. The van der Waals surface area contributed by atoms with Gasteiger partial charge in [0, 0.05) is 33.1 Å². The van der Waals surface area contributed by atoms with Crippen molar-refractivity contribution < 1.29 is 14.3 Å². The monoisotopic (exact) mass is 396 g/mol. The van der Waals surface area contributed by atoms with E-state index in [2.05, 4.69) is 29.2 Å². The van der Waals surface area contributed by atoms with Gasteiger partial charge in [0.1, 0.15) is 5.75 Å². The first-order chi connectivity index (χ1) is 13.9. The Morgan fingerprint density at radius 2 is 1.52 bits per heavy atom. The predicted octanol–water partition coefficient (Wildman–Crippen LogP) is 3.22. The fourth-order valence-corrected chi connectivity index (χ4v) is 7.35. The zero-order valence-electron chi connectivity index (χ0n) is 17.7. The highest BCUT2D eigenvalue weighted by Gasteiger charge is 2.61. The second kappa shape index (κ2) is 6.75. The van der Waals surface area contributed by atoms with Gasteiger partial charge in [-0.2, -0.15) is 0 Å². The van der Waals surface area contributed by atoms with E-state index >= 15 is 0 Å². The molecule has 29 heavy (non-hydrogen) atoms. The van der Waals surface area contributed by atoms with Crippen LogP contribution in [-0.4, -0.2) is 54.9 Å². The predicted molar refractivity (Wildman–Crippen MR) is 111 cm³/mol. The minimum Gasteiger partial charge on any atom is -0.497 e. The van der Waals surface area contributed by atoms with Gasteiger partial charge in [0.05, 0.1) is 12.5 Å². The highest BCUT2D eigenvalue weighted by molar-refractivity contribution is 5.84. The largest absolute Gasteiger partial charge is 0.497 e. The Bertz CT molecular complexity index is 796. The van der Waals surface area contributed by atoms with E-state index in [0.29, 0.717) is 43.9 Å². The second-order valence-electron chi connectivity index (χ2n) is 10.0. The van der Waals surface area contributed by atoms with E-state index in [0.717, 1.165) is 25.0 Å². The van der Waals surface area contributed by atoms with Crippen LogP contribution in [0.4, 0.5) is 0 Å². The van der Waals surface area contributed by atoms with E-state index < -0.39 is 0 Å². The summed E-state index contributed by atoms with van der Waals surface area (Å²) in [6.45, 7) is 4.34. The molecule has 156 valence electrons. The Labute approximate surface area is 173 Å². The van der Waals surface area contributed by atoms with Gasteiger partial charge in [-0.15, -0.1) is 0 Å². The first-order valence-electron chi connectivity index (χ1n) is 11.1. The van der Waals surface area contributed by atoms with Crippen molar-refractivity contribution in [2.24, 2.45) is 17.3 Å². The second-order valence-corrected chi connectivity index (χ2v) is 10.0. The summed E-state index contributed by atoms with van der Waals surface area (Å²) >= 11 is 0. The zero-order valence-corrected chi connectivity index (χ0v) is 17.7. The summed E-state index contributed by atoms with van der Waals surface area (Å²) in [5.41, 5.74) is 1.35. The lowest BCUT2D eigenvalue weighted by atomic mass is 9.42. The molecule has 1 aromatic carbocycles. The molecule has 1 aliphatic heterocycles. The van der Waals surface area contributed by atoms with Crippen molar-refractivity contribution in [1.29, 1.82) is 0 Å². The average Bonchev–Trinajstić information content (AvgIpc) is 2.72. The van der Waals surface area contributed by atoms with Crippen LogP contribution in [0, 0.1) is 17.3 Å². The summed E-state index contributed by atoms with van der Waals surface area (Å²) in [5, 5.41) is 0. The van der Waals surface area contributed by atoms with Crippen LogP contribution in [0.15, 0.2) is 24.3 Å². The fraction of sp³-hybridized carbons (Fsp3) is 0.667. The molecule has 5 fully saturated rings. The Morgan fingerprint density at radius 1 is 0.931 bits per heavy atom. The SMILES string of the molecule is COc1ccc(C23CC4CC(CC(C(=O)N5CCN(C(C)=O)CC5)(C4)C2)C3)cc1. The van der Waals surface area contributed by atoms with Gasteiger partial charge < -0.3 is 14.5 Å². The molecule has 0 radical (unpaired) electrons. The van der Waals surface area contributed by atoms with Crippen molar-refractivity contribution in [1.82, 2.24) is 9.80 Å². The Balaban J connectivity index is 1.40.